The molecule has 1 aliphatic carbocycles. The number of methoxy groups -OCH3 is 1. The maximum Gasteiger partial charge on any atom is 0.241 e. The topological polar surface area (TPSA) is 72.5 Å². The molecule has 1 aromatic carbocycles. The Morgan fingerprint density at radius 1 is 1.25 bits per heavy atom. The molecule has 2 fully saturated rings. The molecule has 0 radical (unpaired) electrons. The quantitative estimate of drug-likeness (QED) is 0.801. The summed E-state index contributed by atoms with van der Waals surface area (Å²) in [6.07, 6.45) is 9.39. The van der Waals surface area contributed by atoms with Crippen LogP contribution in [0, 0.1) is 5.92 Å². The number of ether oxygens (including phenoxy) is 2. The predicted octanol–water partition coefficient (Wildman–Crippen LogP) is 3.53. The van der Waals surface area contributed by atoms with Crippen molar-refractivity contribution in [3.63, 3.8) is 0 Å². The molecule has 0 bridgehead atoms. The van der Waals surface area contributed by atoms with Crippen LogP contribution in [-0.4, -0.2) is 30.1 Å². The van der Waals surface area contributed by atoms with Gasteiger partial charge in [0.2, 0.25) is 5.91 Å². The summed E-state index contributed by atoms with van der Waals surface area (Å²) in [7, 11) is 1.61. The number of hydrogen-bond donors (Lipinski definition) is 2. The molecule has 2 heterocycles. The zero-order valence-corrected chi connectivity index (χ0v) is 16.2. The molecule has 3 atom stereocenters. The fourth-order valence-electron chi connectivity index (χ4n) is 4.26. The van der Waals surface area contributed by atoms with Crippen LogP contribution in [0.25, 0.3) is 0 Å². The normalized spacial score (nSPS) is 23.7. The summed E-state index contributed by atoms with van der Waals surface area (Å²) >= 11 is 0. The van der Waals surface area contributed by atoms with Crippen LogP contribution in [0.2, 0.25) is 0 Å². The van der Waals surface area contributed by atoms with E-state index in [9.17, 15) is 4.79 Å². The Bertz CT molecular complexity index is 798. The zero-order chi connectivity index (χ0) is 19.3. The van der Waals surface area contributed by atoms with Crippen molar-refractivity contribution < 1.29 is 14.3 Å². The summed E-state index contributed by atoms with van der Waals surface area (Å²) in [5, 5.41) is 6.56. The van der Waals surface area contributed by atoms with Crippen LogP contribution in [-0.2, 0) is 11.4 Å². The number of nitrogens with one attached hydrogen (secondary N) is 2. The third-order valence-corrected chi connectivity index (χ3v) is 5.73. The minimum Gasteiger partial charge on any atom is -0.493 e. The molecular weight excluding hydrogens is 354 g/mol. The van der Waals surface area contributed by atoms with Gasteiger partial charge in [0.1, 0.15) is 6.61 Å². The number of pyridine rings is 1. The van der Waals surface area contributed by atoms with Gasteiger partial charge in [0.15, 0.2) is 11.5 Å². The summed E-state index contributed by atoms with van der Waals surface area (Å²) in [5.41, 5.74) is 1.68. The fraction of sp³-hybridized carbons (Fsp3) is 0.455. The van der Waals surface area contributed by atoms with E-state index in [1.165, 1.54) is 25.7 Å². The van der Waals surface area contributed by atoms with Crippen molar-refractivity contribution in [1.82, 2.24) is 10.3 Å². The van der Waals surface area contributed by atoms with Gasteiger partial charge in [-0.1, -0.05) is 18.9 Å². The molecule has 4 rings (SSSR count). The molecule has 2 aromatic rings. The Hall–Kier alpha value is -2.60. The summed E-state index contributed by atoms with van der Waals surface area (Å²) in [6, 6.07) is 9.68. The van der Waals surface area contributed by atoms with Crippen LogP contribution < -0.4 is 20.1 Å². The van der Waals surface area contributed by atoms with E-state index in [4.69, 9.17) is 9.47 Å². The van der Waals surface area contributed by atoms with Gasteiger partial charge >= 0.3 is 0 Å². The zero-order valence-electron chi connectivity index (χ0n) is 16.2. The first kappa shape index (κ1) is 18.7. The SMILES string of the molecule is COc1ccc(NC(=O)C2CC3CCCCC3N2)cc1OCc1cccnc1. The molecule has 148 valence electrons. The highest BCUT2D eigenvalue weighted by atomic mass is 16.5. The highest BCUT2D eigenvalue weighted by molar-refractivity contribution is 5.95. The smallest absolute Gasteiger partial charge is 0.241 e. The lowest BCUT2D eigenvalue weighted by Crippen LogP contribution is -2.39. The second-order valence-corrected chi connectivity index (χ2v) is 7.61. The number of rotatable bonds is 6. The lowest BCUT2D eigenvalue weighted by molar-refractivity contribution is -0.117. The Kier molecular flexibility index (Phi) is 5.76. The molecule has 1 amide bonds. The van der Waals surface area contributed by atoms with E-state index < -0.39 is 0 Å². The first-order valence-corrected chi connectivity index (χ1v) is 9.99. The molecule has 6 heteroatoms. The molecule has 2 N–H and O–H groups in total. The highest BCUT2D eigenvalue weighted by Gasteiger charge is 2.38. The van der Waals surface area contributed by atoms with Gasteiger partial charge < -0.3 is 20.1 Å². The Balaban J connectivity index is 1.41. The summed E-state index contributed by atoms with van der Waals surface area (Å²) in [4.78, 5) is 16.8. The molecule has 1 saturated heterocycles. The minimum absolute atomic E-state index is 0.0257. The third kappa shape index (κ3) is 4.28. The van der Waals surface area contributed by atoms with Crippen LogP contribution >= 0.6 is 0 Å². The molecule has 2 aliphatic rings. The van der Waals surface area contributed by atoms with Crippen molar-refractivity contribution in [3.8, 4) is 11.5 Å². The average Bonchev–Trinajstić information content (AvgIpc) is 3.18. The van der Waals surface area contributed by atoms with Crippen molar-refractivity contribution in [2.75, 3.05) is 12.4 Å². The van der Waals surface area contributed by atoms with E-state index >= 15 is 0 Å². The van der Waals surface area contributed by atoms with E-state index in [1.807, 2.05) is 30.3 Å². The maximum absolute atomic E-state index is 12.7. The Labute approximate surface area is 165 Å². The number of fused-ring (bicyclic) bond motifs is 1. The summed E-state index contributed by atoms with van der Waals surface area (Å²) in [6.45, 7) is 0.384. The monoisotopic (exact) mass is 381 g/mol. The first-order valence-electron chi connectivity index (χ1n) is 9.99. The van der Waals surface area contributed by atoms with E-state index in [2.05, 4.69) is 15.6 Å². The summed E-state index contributed by atoms with van der Waals surface area (Å²) in [5.74, 6) is 1.89. The lowest BCUT2D eigenvalue weighted by atomic mass is 9.85. The van der Waals surface area contributed by atoms with Gasteiger partial charge in [0.05, 0.1) is 13.2 Å². The van der Waals surface area contributed by atoms with Crippen LogP contribution in [0.3, 0.4) is 0 Å². The second-order valence-electron chi connectivity index (χ2n) is 7.61. The van der Waals surface area contributed by atoms with Crippen LogP contribution in [0.15, 0.2) is 42.7 Å². The maximum atomic E-state index is 12.7. The van der Waals surface area contributed by atoms with Gasteiger partial charge in [0, 0.05) is 35.8 Å². The number of amides is 1. The standard InChI is InChI=1S/C22H27N3O3/c1-27-20-9-8-17(12-21(20)28-14-15-5-4-10-23-13-15)24-22(26)19-11-16-6-2-3-7-18(16)25-19/h4-5,8-10,12-13,16,18-19,25H,2-3,6-7,11,14H2,1H3,(H,24,26). The molecule has 1 saturated carbocycles. The van der Waals surface area contributed by atoms with Crippen LogP contribution in [0.5, 0.6) is 11.5 Å². The highest BCUT2D eigenvalue weighted by Crippen LogP contribution is 2.34. The predicted molar refractivity (Wildman–Crippen MR) is 107 cm³/mol. The first-order chi connectivity index (χ1) is 13.7. The van der Waals surface area contributed by atoms with Crippen molar-refractivity contribution >= 4 is 11.6 Å². The number of nitrogens with zero attached hydrogens (tertiary/aromatic N) is 1. The molecule has 1 aliphatic heterocycles. The lowest BCUT2D eigenvalue weighted by Gasteiger charge is -2.24. The molecule has 28 heavy (non-hydrogen) atoms. The number of carbonyl (C=O) groups excluding carboxylic acids is 1. The minimum atomic E-state index is -0.116. The summed E-state index contributed by atoms with van der Waals surface area (Å²) < 4.78 is 11.3. The largest absolute Gasteiger partial charge is 0.493 e. The van der Waals surface area contributed by atoms with Gasteiger partial charge in [-0.25, -0.2) is 0 Å². The Morgan fingerprint density at radius 2 is 2.14 bits per heavy atom. The van der Waals surface area contributed by atoms with Gasteiger partial charge in [-0.3, -0.25) is 9.78 Å². The van der Waals surface area contributed by atoms with E-state index in [0.29, 0.717) is 35.8 Å². The number of aromatic nitrogens is 1. The number of benzene rings is 1. The molecule has 3 unspecified atom stereocenters. The van der Waals surface area contributed by atoms with Crippen LogP contribution in [0.1, 0.15) is 37.7 Å². The number of carbonyl (C=O) groups is 1. The molecule has 0 spiro atoms. The molecule has 1 aromatic heterocycles. The van der Waals surface area contributed by atoms with Crippen molar-refractivity contribution in [2.45, 2.75) is 50.8 Å². The molecule has 6 nitrogen and oxygen atoms in total. The van der Waals surface area contributed by atoms with Gasteiger partial charge in [-0.15, -0.1) is 0 Å². The van der Waals surface area contributed by atoms with Gasteiger partial charge in [0.25, 0.3) is 0 Å². The average molecular weight is 381 g/mol. The fourth-order valence-corrected chi connectivity index (χ4v) is 4.26. The second kappa shape index (κ2) is 8.61. The van der Waals surface area contributed by atoms with Gasteiger partial charge in [-0.2, -0.15) is 0 Å². The van der Waals surface area contributed by atoms with Gasteiger partial charge in [-0.05, 0) is 43.4 Å². The number of hydrogen-bond acceptors (Lipinski definition) is 5. The third-order valence-electron chi connectivity index (χ3n) is 5.73. The number of anilines is 1. The molecular formula is C22H27N3O3. The van der Waals surface area contributed by atoms with E-state index in [0.717, 1.165) is 12.0 Å². The van der Waals surface area contributed by atoms with E-state index in [1.54, 1.807) is 19.5 Å². The van der Waals surface area contributed by atoms with Crippen molar-refractivity contribution in [1.29, 1.82) is 0 Å². The van der Waals surface area contributed by atoms with E-state index in [-0.39, 0.29) is 11.9 Å². The van der Waals surface area contributed by atoms with Crippen LogP contribution in [0.4, 0.5) is 5.69 Å². The Morgan fingerprint density at radius 3 is 2.93 bits per heavy atom. The van der Waals surface area contributed by atoms with Crippen molar-refractivity contribution in [3.05, 3.63) is 48.3 Å². The van der Waals surface area contributed by atoms with Crippen molar-refractivity contribution in [2.24, 2.45) is 5.92 Å².